The maximum atomic E-state index is 12.5. The zero-order chi connectivity index (χ0) is 15.6. The predicted molar refractivity (Wildman–Crippen MR) is 82.5 cm³/mol. The van der Waals surface area contributed by atoms with Crippen LogP contribution in [0.2, 0.25) is 0 Å². The molecule has 1 aromatic carbocycles. The Hall–Kier alpha value is -1.60. The Morgan fingerprint density at radius 1 is 1.33 bits per heavy atom. The Balaban J connectivity index is 2.02. The van der Waals surface area contributed by atoms with E-state index in [9.17, 15) is 13.2 Å². The van der Waals surface area contributed by atoms with Crippen LogP contribution >= 0.6 is 0 Å². The lowest BCUT2D eigenvalue weighted by atomic mass is 10.0. The van der Waals surface area contributed by atoms with E-state index in [1.54, 1.807) is 11.0 Å². The number of nitrogens with zero attached hydrogens (tertiary/aromatic N) is 1. The number of amides is 1. The normalized spacial score (nSPS) is 17.0. The zero-order valence-corrected chi connectivity index (χ0v) is 13.1. The van der Waals surface area contributed by atoms with Gasteiger partial charge in [-0.2, -0.15) is 0 Å². The molecule has 0 saturated carbocycles. The Morgan fingerprint density at radius 2 is 1.95 bits per heavy atom. The smallest absolute Gasteiger partial charge is 0.255 e. The third-order valence-corrected chi connectivity index (χ3v) is 4.48. The highest BCUT2D eigenvalue weighted by molar-refractivity contribution is 7.88. The van der Waals surface area contributed by atoms with E-state index in [0.717, 1.165) is 11.8 Å². The van der Waals surface area contributed by atoms with Crippen molar-refractivity contribution >= 4 is 21.6 Å². The van der Waals surface area contributed by atoms with Gasteiger partial charge in [-0.3, -0.25) is 4.79 Å². The maximum absolute atomic E-state index is 12.5. The molecule has 0 radical (unpaired) electrons. The summed E-state index contributed by atoms with van der Waals surface area (Å²) in [5.74, 6) is -0.0889. The lowest BCUT2D eigenvalue weighted by Gasteiger charge is -2.32. The summed E-state index contributed by atoms with van der Waals surface area (Å²) in [6.07, 6.45) is 2.38. The van der Waals surface area contributed by atoms with Crippen LogP contribution < -0.4 is 10.5 Å². The number of nitrogens with one attached hydrogen (secondary N) is 1. The number of para-hydroxylation sites is 1. The number of benzene rings is 1. The quantitative estimate of drug-likeness (QED) is 0.805. The first-order chi connectivity index (χ1) is 9.78. The molecule has 1 fully saturated rings. The molecule has 0 atom stereocenters. The number of rotatable bonds is 3. The number of carbonyl (C=O) groups excluding carboxylic acids is 1. The van der Waals surface area contributed by atoms with Crippen LogP contribution in [0.3, 0.4) is 0 Å². The molecule has 7 heteroatoms. The summed E-state index contributed by atoms with van der Waals surface area (Å²) < 4.78 is 25.0. The zero-order valence-electron chi connectivity index (χ0n) is 12.3. The summed E-state index contributed by atoms with van der Waals surface area (Å²) in [7, 11) is -3.20. The van der Waals surface area contributed by atoms with Crippen LogP contribution in [0.15, 0.2) is 18.2 Å². The molecule has 6 nitrogen and oxygen atoms in total. The summed E-state index contributed by atoms with van der Waals surface area (Å²) in [5.41, 5.74) is 7.88. The van der Waals surface area contributed by atoms with Crippen molar-refractivity contribution in [2.45, 2.75) is 25.8 Å². The van der Waals surface area contributed by atoms with Gasteiger partial charge in [0.2, 0.25) is 10.0 Å². The average molecular weight is 311 g/mol. The summed E-state index contributed by atoms with van der Waals surface area (Å²) in [6, 6.07) is 5.32. The Morgan fingerprint density at radius 3 is 2.52 bits per heavy atom. The van der Waals surface area contributed by atoms with Crippen molar-refractivity contribution < 1.29 is 13.2 Å². The molecule has 0 aromatic heterocycles. The molecular weight excluding hydrogens is 290 g/mol. The largest absolute Gasteiger partial charge is 0.398 e. The van der Waals surface area contributed by atoms with Crippen molar-refractivity contribution in [3.8, 4) is 0 Å². The molecule has 0 aliphatic carbocycles. The van der Waals surface area contributed by atoms with E-state index in [-0.39, 0.29) is 11.9 Å². The van der Waals surface area contributed by atoms with Crippen molar-refractivity contribution in [1.29, 1.82) is 0 Å². The van der Waals surface area contributed by atoms with E-state index in [1.807, 2.05) is 19.1 Å². The molecule has 116 valence electrons. The van der Waals surface area contributed by atoms with Crippen molar-refractivity contribution in [1.82, 2.24) is 9.62 Å². The van der Waals surface area contributed by atoms with Crippen LogP contribution in [0, 0.1) is 6.92 Å². The van der Waals surface area contributed by atoms with Crippen LogP contribution in [0.1, 0.15) is 28.8 Å². The van der Waals surface area contributed by atoms with Crippen molar-refractivity contribution in [2.75, 3.05) is 25.1 Å². The first kappa shape index (κ1) is 15.8. The number of sulfonamides is 1. The van der Waals surface area contributed by atoms with Gasteiger partial charge in [0.1, 0.15) is 0 Å². The van der Waals surface area contributed by atoms with Crippen LogP contribution in [0.5, 0.6) is 0 Å². The topological polar surface area (TPSA) is 92.5 Å². The average Bonchev–Trinajstić information content (AvgIpc) is 2.40. The molecule has 1 amide bonds. The standard InChI is InChI=1S/C14H21N3O3S/c1-10-4-3-5-12(13(10)15)14(18)17-8-6-11(7-9-17)16-21(2,19)20/h3-5,11,16H,6-9,15H2,1-2H3. The van der Waals surface area contributed by atoms with Gasteiger partial charge in [-0.1, -0.05) is 12.1 Å². The molecule has 1 aromatic rings. The molecule has 1 aliphatic rings. The Labute approximate surface area is 125 Å². The van der Waals surface area contributed by atoms with Gasteiger partial charge in [0.15, 0.2) is 0 Å². The highest BCUT2D eigenvalue weighted by Crippen LogP contribution is 2.21. The van der Waals surface area contributed by atoms with Crippen molar-refractivity contribution in [3.05, 3.63) is 29.3 Å². The first-order valence-corrected chi connectivity index (χ1v) is 8.79. The number of anilines is 1. The SMILES string of the molecule is Cc1cccc(C(=O)N2CCC(NS(C)(=O)=O)CC2)c1N. The van der Waals surface area contributed by atoms with Gasteiger partial charge in [0.25, 0.3) is 5.91 Å². The number of nitrogens with two attached hydrogens (primary N) is 1. The summed E-state index contributed by atoms with van der Waals surface area (Å²) >= 11 is 0. The first-order valence-electron chi connectivity index (χ1n) is 6.89. The second-order valence-corrected chi connectivity index (χ2v) is 7.27. The molecule has 2 rings (SSSR count). The third kappa shape index (κ3) is 3.95. The maximum Gasteiger partial charge on any atom is 0.255 e. The number of carbonyl (C=O) groups is 1. The number of piperidine rings is 1. The molecule has 3 N–H and O–H groups in total. The van der Waals surface area contributed by atoms with Crippen molar-refractivity contribution in [2.24, 2.45) is 0 Å². The summed E-state index contributed by atoms with van der Waals surface area (Å²) in [5, 5.41) is 0. The molecule has 0 bridgehead atoms. The third-order valence-electron chi connectivity index (χ3n) is 3.72. The van der Waals surface area contributed by atoms with E-state index in [4.69, 9.17) is 5.73 Å². The van der Waals surface area contributed by atoms with Crippen molar-refractivity contribution in [3.63, 3.8) is 0 Å². The molecule has 1 aliphatic heterocycles. The van der Waals surface area contributed by atoms with Gasteiger partial charge >= 0.3 is 0 Å². The number of likely N-dealkylation sites (tertiary alicyclic amines) is 1. The summed E-state index contributed by atoms with van der Waals surface area (Å²) in [4.78, 5) is 14.2. The van der Waals surface area contributed by atoms with E-state index in [2.05, 4.69) is 4.72 Å². The van der Waals surface area contributed by atoms with Gasteiger partial charge in [-0.15, -0.1) is 0 Å². The minimum absolute atomic E-state index is 0.0889. The van der Waals surface area contributed by atoms with E-state index in [1.165, 1.54) is 0 Å². The number of hydrogen-bond donors (Lipinski definition) is 2. The minimum Gasteiger partial charge on any atom is -0.398 e. The highest BCUT2D eigenvalue weighted by atomic mass is 32.2. The summed E-state index contributed by atoms with van der Waals surface area (Å²) in [6.45, 7) is 2.92. The number of aryl methyl sites for hydroxylation is 1. The number of hydrogen-bond acceptors (Lipinski definition) is 4. The fourth-order valence-electron chi connectivity index (χ4n) is 2.54. The van der Waals surface area contributed by atoms with Crippen LogP contribution in [0.4, 0.5) is 5.69 Å². The van der Waals surface area contributed by atoms with Gasteiger partial charge < -0.3 is 10.6 Å². The molecular formula is C14H21N3O3S. The fourth-order valence-corrected chi connectivity index (χ4v) is 3.38. The molecule has 0 spiro atoms. The molecule has 1 saturated heterocycles. The molecule has 1 heterocycles. The fraction of sp³-hybridized carbons (Fsp3) is 0.500. The Kier molecular flexibility index (Phi) is 4.53. The minimum atomic E-state index is -3.20. The van der Waals surface area contributed by atoms with Crippen LogP contribution in [-0.2, 0) is 10.0 Å². The molecule has 21 heavy (non-hydrogen) atoms. The van der Waals surface area contributed by atoms with Crippen LogP contribution in [-0.4, -0.2) is 44.6 Å². The monoisotopic (exact) mass is 311 g/mol. The van der Waals surface area contributed by atoms with Gasteiger partial charge in [0.05, 0.1) is 11.8 Å². The van der Waals surface area contributed by atoms with Crippen LogP contribution in [0.25, 0.3) is 0 Å². The highest BCUT2D eigenvalue weighted by Gasteiger charge is 2.26. The van der Waals surface area contributed by atoms with E-state index < -0.39 is 10.0 Å². The second kappa shape index (κ2) is 6.03. The Bertz CT molecular complexity index is 635. The second-order valence-electron chi connectivity index (χ2n) is 5.49. The lowest BCUT2D eigenvalue weighted by molar-refractivity contribution is 0.0712. The number of nitrogen functional groups attached to an aromatic ring is 1. The van der Waals surface area contributed by atoms with Gasteiger partial charge in [-0.05, 0) is 31.4 Å². The lowest BCUT2D eigenvalue weighted by Crippen LogP contribution is -2.46. The van der Waals surface area contributed by atoms with Gasteiger partial charge in [-0.25, -0.2) is 13.1 Å². The molecule has 0 unspecified atom stereocenters. The van der Waals surface area contributed by atoms with E-state index in [0.29, 0.717) is 37.2 Å². The van der Waals surface area contributed by atoms with Gasteiger partial charge in [0, 0.05) is 24.8 Å². The predicted octanol–water partition coefficient (Wildman–Crippen LogP) is 0.731. The van der Waals surface area contributed by atoms with E-state index >= 15 is 0 Å².